The molecule has 0 saturated carbocycles. The number of alkyl halides is 1. The molecule has 0 saturated heterocycles. The minimum atomic E-state index is -0.905. The Hall–Kier alpha value is -1.32. The molecule has 2 rings (SSSR count). The third-order valence-corrected chi connectivity index (χ3v) is 3.15. The first kappa shape index (κ1) is 14.1. The van der Waals surface area contributed by atoms with E-state index in [9.17, 15) is 8.78 Å². The molecule has 0 aliphatic carbocycles. The van der Waals surface area contributed by atoms with Gasteiger partial charge in [0.25, 0.3) is 0 Å². The normalized spacial score (nSPS) is 10.5. The Morgan fingerprint density at radius 1 is 1.05 bits per heavy atom. The maximum atomic E-state index is 13.1. The van der Waals surface area contributed by atoms with Gasteiger partial charge in [-0.05, 0) is 23.8 Å². The fourth-order valence-corrected chi connectivity index (χ4v) is 2.06. The number of benzene rings is 2. The van der Waals surface area contributed by atoms with E-state index in [0.717, 1.165) is 17.7 Å². The largest absolute Gasteiger partial charge is 0.487 e. The molecule has 0 atom stereocenters. The standard InChI is InChI=1S/C14H10Cl2F2O/c15-7-10-2-1-3-11(16)14(10)19-8-9-4-5-12(17)13(18)6-9/h1-6H,7-8H2. The predicted molar refractivity (Wildman–Crippen MR) is 71.7 cm³/mol. The highest BCUT2D eigenvalue weighted by molar-refractivity contribution is 6.32. The molecule has 2 aromatic rings. The second-order valence-electron chi connectivity index (χ2n) is 3.90. The van der Waals surface area contributed by atoms with E-state index in [4.69, 9.17) is 27.9 Å². The van der Waals surface area contributed by atoms with E-state index < -0.39 is 11.6 Å². The molecule has 0 amide bonds. The third-order valence-electron chi connectivity index (χ3n) is 2.56. The quantitative estimate of drug-likeness (QED) is 0.727. The zero-order chi connectivity index (χ0) is 13.8. The highest BCUT2D eigenvalue weighted by atomic mass is 35.5. The Bertz CT molecular complexity index is 588. The van der Waals surface area contributed by atoms with E-state index in [1.54, 1.807) is 18.2 Å². The first-order valence-electron chi connectivity index (χ1n) is 5.52. The van der Waals surface area contributed by atoms with Gasteiger partial charge in [0.1, 0.15) is 12.4 Å². The van der Waals surface area contributed by atoms with Crippen LogP contribution in [0.4, 0.5) is 8.78 Å². The first-order valence-corrected chi connectivity index (χ1v) is 6.43. The van der Waals surface area contributed by atoms with Crippen LogP contribution in [-0.2, 0) is 12.5 Å². The van der Waals surface area contributed by atoms with E-state index in [0.29, 0.717) is 16.3 Å². The minimum Gasteiger partial charge on any atom is -0.487 e. The lowest BCUT2D eigenvalue weighted by atomic mass is 10.2. The van der Waals surface area contributed by atoms with E-state index in [1.165, 1.54) is 6.07 Å². The summed E-state index contributed by atoms with van der Waals surface area (Å²) in [5, 5.41) is 0.431. The Balaban J connectivity index is 2.16. The van der Waals surface area contributed by atoms with Crippen molar-refractivity contribution in [1.82, 2.24) is 0 Å². The maximum Gasteiger partial charge on any atom is 0.159 e. The summed E-state index contributed by atoms with van der Waals surface area (Å²) in [6.07, 6.45) is 0. The highest BCUT2D eigenvalue weighted by Gasteiger charge is 2.09. The van der Waals surface area contributed by atoms with Crippen molar-refractivity contribution in [2.45, 2.75) is 12.5 Å². The number of halogens is 4. The van der Waals surface area contributed by atoms with Crippen molar-refractivity contribution < 1.29 is 13.5 Å². The van der Waals surface area contributed by atoms with Gasteiger partial charge in [0.15, 0.2) is 11.6 Å². The zero-order valence-electron chi connectivity index (χ0n) is 9.80. The summed E-state index contributed by atoms with van der Waals surface area (Å²) < 4.78 is 31.4. The fourth-order valence-electron chi connectivity index (χ4n) is 1.61. The molecule has 0 fully saturated rings. The van der Waals surface area contributed by atoms with E-state index in [2.05, 4.69) is 0 Å². The lowest BCUT2D eigenvalue weighted by Crippen LogP contribution is -1.99. The van der Waals surface area contributed by atoms with Crippen LogP contribution in [0, 0.1) is 11.6 Å². The van der Waals surface area contributed by atoms with E-state index in [1.807, 2.05) is 0 Å². The number of hydrogen-bond acceptors (Lipinski definition) is 1. The van der Waals surface area contributed by atoms with Gasteiger partial charge in [0, 0.05) is 5.56 Å². The van der Waals surface area contributed by atoms with Gasteiger partial charge in [0.05, 0.1) is 10.9 Å². The second-order valence-corrected chi connectivity index (χ2v) is 4.57. The van der Waals surface area contributed by atoms with E-state index in [-0.39, 0.29) is 12.5 Å². The summed E-state index contributed by atoms with van der Waals surface area (Å²) >= 11 is 11.8. The van der Waals surface area contributed by atoms with Gasteiger partial charge in [-0.1, -0.05) is 29.8 Å². The summed E-state index contributed by atoms with van der Waals surface area (Å²) in [5.41, 5.74) is 1.26. The third kappa shape index (κ3) is 3.37. The van der Waals surface area contributed by atoms with Gasteiger partial charge in [-0.2, -0.15) is 0 Å². The lowest BCUT2D eigenvalue weighted by molar-refractivity contribution is 0.303. The Labute approximate surface area is 119 Å². The lowest BCUT2D eigenvalue weighted by Gasteiger charge is -2.11. The molecule has 0 aliphatic rings. The SMILES string of the molecule is Fc1ccc(COc2c(Cl)cccc2CCl)cc1F. The molecule has 0 N–H and O–H groups in total. The number of ether oxygens (including phenoxy) is 1. The van der Waals surface area contributed by atoms with Crippen molar-refractivity contribution in [2.24, 2.45) is 0 Å². The van der Waals surface area contributed by atoms with Crippen molar-refractivity contribution >= 4 is 23.2 Å². The van der Waals surface area contributed by atoms with Crippen LogP contribution in [0.5, 0.6) is 5.75 Å². The topological polar surface area (TPSA) is 9.23 Å². The maximum absolute atomic E-state index is 13.1. The van der Waals surface area contributed by atoms with Crippen LogP contribution < -0.4 is 4.74 Å². The molecule has 100 valence electrons. The molecule has 19 heavy (non-hydrogen) atoms. The smallest absolute Gasteiger partial charge is 0.159 e. The van der Waals surface area contributed by atoms with Crippen molar-refractivity contribution in [2.75, 3.05) is 0 Å². The molecule has 5 heteroatoms. The average molecular weight is 303 g/mol. The van der Waals surface area contributed by atoms with Gasteiger partial charge < -0.3 is 4.74 Å². The van der Waals surface area contributed by atoms with Crippen LogP contribution in [0.1, 0.15) is 11.1 Å². The summed E-state index contributed by atoms with van der Waals surface area (Å²) in [7, 11) is 0. The van der Waals surface area contributed by atoms with Crippen LogP contribution >= 0.6 is 23.2 Å². The average Bonchev–Trinajstić information content (AvgIpc) is 2.41. The Morgan fingerprint density at radius 3 is 2.53 bits per heavy atom. The summed E-state index contributed by atoms with van der Waals surface area (Å²) in [6.45, 7) is 0.0881. The molecule has 2 aromatic carbocycles. The predicted octanol–water partition coefficient (Wildman–Crippen LogP) is 4.94. The van der Waals surface area contributed by atoms with Crippen molar-refractivity contribution in [3.63, 3.8) is 0 Å². The molecule has 0 unspecified atom stereocenters. The molecule has 0 radical (unpaired) electrons. The zero-order valence-corrected chi connectivity index (χ0v) is 11.3. The monoisotopic (exact) mass is 302 g/mol. The number of para-hydroxylation sites is 1. The van der Waals surface area contributed by atoms with Gasteiger partial charge >= 0.3 is 0 Å². The van der Waals surface area contributed by atoms with Crippen molar-refractivity contribution in [3.8, 4) is 5.75 Å². The van der Waals surface area contributed by atoms with Crippen molar-refractivity contribution in [1.29, 1.82) is 0 Å². The summed E-state index contributed by atoms with van der Waals surface area (Å²) in [5.74, 6) is -1.07. The Morgan fingerprint density at radius 2 is 1.84 bits per heavy atom. The minimum absolute atomic E-state index is 0.0881. The molecule has 0 heterocycles. The first-order chi connectivity index (χ1) is 9.11. The van der Waals surface area contributed by atoms with Crippen LogP contribution in [0.3, 0.4) is 0 Å². The van der Waals surface area contributed by atoms with Crippen LogP contribution in [0.25, 0.3) is 0 Å². The van der Waals surface area contributed by atoms with Crippen LogP contribution in [-0.4, -0.2) is 0 Å². The van der Waals surface area contributed by atoms with E-state index >= 15 is 0 Å². The molecule has 0 bridgehead atoms. The number of hydrogen-bond donors (Lipinski definition) is 0. The van der Waals surface area contributed by atoms with Gasteiger partial charge in [-0.25, -0.2) is 8.78 Å². The molecule has 1 nitrogen and oxygen atoms in total. The molecular formula is C14H10Cl2F2O. The van der Waals surface area contributed by atoms with Gasteiger partial charge in [-0.3, -0.25) is 0 Å². The second kappa shape index (κ2) is 6.22. The summed E-state index contributed by atoms with van der Waals surface area (Å²) in [6, 6.07) is 8.84. The molecular weight excluding hydrogens is 293 g/mol. The number of rotatable bonds is 4. The van der Waals surface area contributed by atoms with Crippen LogP contribution in [0.15, 0.2) is 36.4 Å². The van der Waals surface area contributed by atoms with Crippen LogP contribution in [0.2, 0.25) is 5.02 Å². The Kier molecular flexibility index (Phi) is 4.61. The summed E-state index contributed by atoms with van der Waals surface area (Å²) in [4.78, 5) is 0. The van der Waals surface area contributed by atoms with Gasteiger partial charge in [-0.15, -0.1) is 11.6 Å². The fraction of sp³-hybridized carbons (Fsp3) is 0.143. The van der Waals surface area contributed by atoms with Gasteiger partial charge in [0.2, 0.25) is 0 Å². The molecule has 0 aliphatic heterocycles. The highest BCUT2D eigenvalue weighted by Crippen LogP contribution is 2.30. The van der Waals surface area contributed by atoms with Crippen molar-refractivity contribution in [3.05, 3.63) is 64.2 Å². The molecule has 0 aromatic heterocycles. The molecule has 0 spiro atoms.